The van der Waals surface area contributed by atoms with Crippen molar-refractivity contribution < 1.29 is 30.0 Å². The Morgan fingerprint density at radius 1 is 0.881 bits per heavy atom. The van der Waals surface area contributed by atoms with Crippen LogP contribution in [0, 0.1) is 37.7 Å². The molecule has 0 bridgehead atoms. The molecule has 0 saturated heterocycles. The van der Waals surface area contributed by atoms with E-state index in [1.807, 2.05) is 6.20 Å². The number of rotatable bonds is 5. The largest absolute Gasteiger partial charge is 0.512 e. The van der Waals surface area contributed by atoms with Crippen LogP contribution in [0.25, 0.3) is 22.0 Å². The topological polar surface area (TPSA) is 50.2 Å². The van der Waals surface area contributed by atoms with E-state index in [4.69, 9.17) is 0 Å². The van der Waals surface area contributed by atoms with Crippen molar-refractivity contribution in [1.29, 1.82) is 0 Å². The molecule has 3 aliphatic rings. The molecule has 1 aromatic heterocycles. The number of aryl methyl sites for hydroxylation is 2. The number of aliphatic hydroxyl groups is 1. The molecule has 3 nitrogen and oxygen atoms in total. The van der Waals surface area contributed by atoms with E-state index in [1.54, 1.807) is 0 Å². The SMILES string of the molecule is C.Cc1[c-]c(-c2nccc3cc(C4CCC(C)CC4)ccc23)cc(C)c1.O=C(C=C(O)C1CCCC1)C1CCCC1.[Ir]. The average Bonchev–Trinajstić information content (AvgIpc) is 3.68. The van der Waals surface area contributed by atoms with Gasteiger partial charge >= 0.3 is 0 Å². The zero-order chi connectivity index (χ0) is 28.1. The fourth-order valence-corrected chi connectivity index (χ4v) is 7.09. The fourth-order valence-electron chi connectivity index (χ4n) is 7.09. The van der Waals surface area contributed by atoms with E-state index in [1.165, 1.54) is 84.9 Å². The van der Waals surface area contributed by atoms with Gasteiger partial charge in [0.05, 0.1) is 5.76 Å². The van der Waals surface area contributed by atoms with Crippen LogP contribution in [0.15, 0.2) is 54.4 Å². The summed E-state index contributed by atoms with van der Waals surface area (Å²) in [5.41, 5.74) is 6.08. The summed E-state index contributed by atoms with van der Waals surface area (Å²) in [7, 11) is 0. The molecule has 0 amide bonds. The fraction of sp³-hybridized carbons (Fsp3) is 0.526. The summed E-state index contributed by atoms with van der Waals surface area (Å²) in [6.07, 6.45) is 17.7. The Morgan fingerprint density at radius 2 is 1.52 bits per heavy atom. The van der Waals surface area contributed by atoms with Crippen molar-refractivity contribution in [3.63, 3.8) is 0 Å². The predicted molar refractivity (Wildman–Crippen MR) is 172 cm³/mol. The van der Waals surface area contributed by atoms with Gasteiger partial charge in [-0.3, -0.25) is 4.79 Å². The zero-order valence-electron chi connectivity index (χ0n) is 25.0. The average molecular weight is 745 g/mol. The number of pyridine rings is 1. The number of aliphatic hydroxyl groups excluding tert-OH is 1. The van der Waals surface area contributed by atoms with Gasteiger partial charge in [-0.25, -0.2) is 0 Å². The standard InChI is InChI=1S/C24H26N.C13H20O2.CH4.Ir/c1-16-4-6-19(7-5-16)20-8-9-23-21(15-20)10-11-25-24(23)22-13-17(2)12-18(3)14-22;14-12(10-5-1-2-6-10)9-13(15)11-7-3-4-8-11;;/h8-13,15-16,19H,4-7H2,1-3H3;9-11,14H,1-8H2;1H4;/q-1;;;. The second-order valence-electron chi connectivity index (χ2n) is 12.8. The van der Waals surface area contributed by atoms with E-state index >= 15 is 0 Å². The van der Waals surface area contributed by atoms with Gasteiger partial charge in [-0.05, 0) is 78.5 Å². The summed E-state index contributed by atoms with van der Waals surface area (Å²) < 4.78 is 0. The van der Waals surface area contributed by atoms with Crippen LogP contribution in [0.2, 0.25) is 0 Å². The molecule has 3 fully saturated rings. The maximum atomic E-state index is 11.8. The first-order chi connectivity index (χ1) is 19.4. The molecule has 6 rings (SSSR count). The number of carbonyl (C=O) groups excluding carboxylic acids is 1. The Balaban J connectivity index is 0.000000246. The van der Waals surface area contributed by atoms with Crippen LogP contribution < -0.4 is 0 Å². The summed E-state index contributed by atoms with van der Waals surface area (Å²) in [4.78, 5) is 16.5. The monoisotopic (exact) mass is 745 g/mol. The van der Waals surface area contributed by atoms with Crippen LogP contribution in [-0.2, 0) is 24.9 Å². The van der Waals surface area contributed by atoms with Gasteiger partial charge in [-0.1, -0.05) is 84.9 Å². The Bertz CT molecular complexity index is 1320. The quantitative estimate of drug-likeness (QED) is 0.161. The van der Waals surface area contributed by atoms with Gasteiger partial charge in [-0.15, -0.1) is 34.9 Å². The molecule has 2 aromatic carbocycles. The number of nitrogens with zero attached hydrogens (tertiary/aromatic N) is 1. The molecule has 0 unspecified atom stereocenters. The Morgan fingerprint density at radius 3 is 2.17 bits per heavy atom. The number of fused-ring (bicyclic) bond motifs is 1. The van der Waals surface area contributed by atoms with Gasteiger partial charge < -0.3 is 10.1 Å². The number of aromatic nitrogens is 1. The van der Waals surface area contributed by atoms with Crippen molar-refractivity contribution in [2.45, 2.75) is 111 Å². The van der Waals surface area contributed by atoms with Crippen LogP contribution in [0.1, 0.15) is 114 Å². The van der Waals surface area contributed by atoms with Gasteiger partial charge in [-0.2, -0.15) is 0 Å². The molecule has 4 heteroatoms. The van der Waals surface area contributed by atoms with Crippen LogP contribution in [-0.4, -0.2) is 15.9 Å². The molecule has 42 heavy (non-hydrogen) atoms. The summed E-state index contributed by atoms with van der Waals surface area (Å²) in [5, 5.41) is 12.4. The Kier molecular flexibility index (Phi) is 13.0. The molecule has 1 heterocycles. The van der Waals surface area contributed by atoms with Crippen LogP contribution >= 0.6 is 0 Å². The Labute approximate surface area is 268 Å². The van der Waals surface area contributed by atoms with Crippen molar-refractivity contribution in [1.82, 2.24) is 4.98 Å². The second kappa shape index (κ2) is 16.0. The molecule has 3 aromatic rings. The van der Waals surface area contributed by atoms with Crippen LogP contribution in [0.3, 0.4) is 0 Å². The van der Waals surface area contributed by atoms with Gasteiger partial charge in [0.15, 0.2) is 5.78 Å². The molecular weight excluding hydrogens is 695 g/mol. The zero-order valence-corrected chi connectivity index (χ0v) is 27.4. The van der Waals surface area contributed by atoms with Crippen molar-refractivity contribution in [2.75, 3.05) is 0 Å². The second-order valence-corrected chi connectivity index (χ2v) is 12.8. The number of ketones is 1. The van der Waals surface area contributed by atoms with E-state index < -0.39 is 0 Å². The molecule has 0 spiro atoms. The summed E-state index contributed by atoms with van der Waals surface area (Å²) in [6, 6.07) is 17.0. The van der Waals surface area contributed by atoms with Crippen molar-refractivity contribution in [3.05, 3.63) is 77.2 Å². The molecule has 1 radical (unpaired) electrons. The maximum absolute atomic E-state index is 11.8. The number of benzene rings is 2. The molecule has 0 atom stereocenters. The Hall–Kier alpha value is -2.29. The molecular formula is C38H50IrNO2-. The van der Waals surface area contributed by atoms with Crippen LogP contribution in [0.4, 0.5) is 0 Å². The van der Waals surface area contributed by atoms with Gasteiger partial charge in [0, 0.05) is 44.2 Å². The minimum atomic E-state index is 0. The van der Waals surface area contributed by atoms with E-state index in [0.717, 1.165) is 48.8 Å². The summed E-state index contributed by atoms with van der Waals surface area (Å²) in [6.45, 7) is 6.62. The van der Waals surface area contributed by atoms with Crippen molar-refractivity contribution in [2.24, 2.45) is 17.8 Å². The van der Waals surface area contributed by atoms with Crippen LogP contribution in [0.5, 0.6) is 0 Å². The molecule has 3 saturated carbocycles. The van der Waals surface area contributed by atoms with E-state index in [0.29, 0.717) is 5.76 Å². The first-order valence-corrected chi connectivity index (χ1v) is 15.7. The molecule has 3 aliphatic carbocycles. The third kappa shape index (κ3) is 8.64. The third-order valence-electron chi connectivity index (χ3n) is 9.50. The summed E-state index contributed by atoms with van der Waals surface area (Å²) in [5.74, 6) is 2.61. The first kappa shape index (κ1) is 34.2. The van der Waals surface area contributed by atoms with E-state index in [-0.39, 0.29) is 45.2 Å². The van der Waals surface area contributed by atoms with Gasteiger partial charge in [0.25, 0.3) is 0 Å². The summed E-state index contributed by atoms with van der Waals surface area (Å²) >= 11 is 0. The number of hydrogen-bond donors (Lipinski definition) is 1. The van der Waals surface area contributed by atoms with Crippen molar-refractivity contribution in [3.8, 4) is 11.3 Å². The number of carbonyl (C=O) groups is 1. The predicted octanol–water partition coefficient (Wildman–Crippen LogP) is 10.6. The molecule has 229 valence electrons. The van der Waals surface area contributed by atoms with E-state index in [9.17, 15) is 9.90 Å². The first-order valence-electron chi connectivity index (χ1n) is 15.7. The minimum absolute atomic E-state index is 0. The number of hydrogen-bond acceptors (Lipinski definition) is 3. The number of allylic oxidation sites excluding steroid dienone is 2. The van der Waals surface area contributed by atoms with Crippen molar-refractivity contribution >= 4 is 16.6 Å². The van der Waals surface area contributed by atoms with Gasteiger partial charge in [0.1, 0.15) is 0 Å². The molecule has 0 aliphatic heterocycles. The van der Waals surface area contributed by atoms with Gasteiger partial charge in [0.2, 0.25) is 0 Å². The maximum Gasteiger partial charge on any atom is 0.162 e. The molecule has 1 N–H and O–H groups in total. The minimum Gasteiger partial charge on any atom is -0.512 e. The third-order valence-corrected chi connectivity index (χ3v) is 9.50. The smallest absolute Gasteiger partial charge is 0.162 e. The normalized spacial score (nSPS) is 21.3. The van der Waals surface area contributed by atoms with E-state index in [2.05, 4.69) is 68.2 Å².